The molecule has 0 amide bonds. The maximum absolute atomic E-state index is 2.62. The van der Waals surface area contributed by atoms with Gasteiger partial charge in [-0.2, -0.15) is 0 Å². The highest BCUT2D eigenvalue weighted by Gasteiger charge is 2.39. The van der Waals surface area contributed by atoms with E-state index in [1.807, 2.05) is 0 Å². The summed E-state index contributed by atoms with van der Waals surface area (Å²) in [5.74, 6) is 5.49. The fraction of sp³-hybridized carbons (Fsp3) is 1.00. The van der Waals surface area contributed by atoms with E-state index in [0.717, 1.165) is 29.6 Å². The third-order valence-electron chi connectivity index (χ3n) is 6.70. The Bertz CT molecular complexity index is 249. The van der Waals surface area contributed by atoms with Gasteiger partial charge in [0.15, 0.2) is 0 Å². The lowest BCUT2D eigenvalue weighted by atomic mass is 9.59. The SMILES string of the molecule is CC(C1CCCCC1)C1CCCC2CCCCC21. The lowest BCUT2D eigenvalue weighted by Crippen LogP contribution is -2.37. The van der Waals surface area contributed by atoms with Crippen molar-refractivity contribution >= 4 is 0 Å². The molecular weight excluding hydrogens is 216 g/mol. The van der Waals surface area contributed by atoms with E-state index in [2.05, 4.69) is 6.92 Å². The molecule has 104 valence electrons. The largest absolute Gasteiger partial charge is 0.0620 e. The molecule has 0 heteroatoms. The second-order valence-electron chi connectivity index (χ2n) is 7.56. The first-order chi connectivity index (χ1) is 8.86. The molecule has 0 aromatic heterocycles. The van der Waals surface area contributed by atoms with Gasteiger partial charge in [0.05, 0.1) is 0 Å². The summed E-state index contributed by atoms with van der Waals surface area (Å²) in [6, 6.07) is 0. The van der Waals surface area contributed by atoms with Gasteiger partial charge in [-0.3, -0.25) is 0 Å². The maximum atomic E-state index is 2.62. The highest BCUT2D eigenvalue weighted by Crippen LogP contribution is 2.49. The lowest BCUT2D eigenvalue weighted by Gasteiger charge is -2.46. The van der Waals surface area contributed by atoms with Crippen LogP contribution in [0, 0.1) is 29.6 Å². The van der Waals surface area contributed by atoms with Crippen LogP contribution >= 0.6 is 0 Å². The monoisotopic (exact) mass is 248 g/mol. The maximum Gasteiger partial charge on any atom is -0.0355 e. The van der Waals surface area contributed by atoms with Crippen LogP contribution < -0.4 is 0 Å². The third kappa shape index (κ3) is 2.63. The van der Waals surface area contributed by atoms with Gasteiger partial charge in [0.1, 0.15) is 0 Å². The average molecular weight is 248 g/mol. The van der Waals surface area contributed by atoms with Crippen LogP contribution in [0.3, 0.4) is 0 Å². The summed E-state index contributed by atoms with van der Waals surface area (Å²) in [5, 5.41) is 0. The molecule has 3 aliphatic carbocycles. The zero-order valence-corrected chi connectivity index (χ0v) is 12.4. The molecular formula is C18H32. The highest BCUT2D eigenvalue weighted by atomic mass is 14.4. The van der Waals surface area contributed by atoms with Crippen LogP contribution in [0.4, 0.5) is 0 Å². The van der Waals surface area contributed by atoms with Gasteiger partial charge in [-0.25, -0.2) is 0 Å². The second kappa shape index (κ2) is 5.97. The smallest absolute Gasteiger partial charge is 0.0355 e. The minimum Gasteiger partial charge on any atom is -0.0620 e. The molecule has 0 saturated heterocycles. The number of hydrogen-bond acceptors (Lipinski definition) is 0. The lowest BCUT2D eigenvalue weighted by molar-refractivity contribution is 0.0400. The Balaban J connectivity index is 1.65. The van der Waals surface area contributed by atoms with E-state index in [4.69, 9.17) is 0 Å². The minimum absolute atomic E-state index is 1.04. The predicted octanol–water partition coefficient (Wildman–Crippen LogP) is 5.81. The van der Waals surface area contributed by atoms with Crippen LogP contribution in [-0.4, -0.2) is 0 Å². The van der Waals surface area contributed by atoms with Gasteiger partial charge >= 0.3 is 0 Å². The van der Waals surface area contributed by atoms with E-state index in [-0.39, 0.29) is 0 Å². The Morgan fingerprint density at radius 3 is 2.17 bits per heavy atom. The second-order valence-corrected chi connectivity index (χ2v) is 7.56. The summed E-state index contributed by atoms with van der Waals surface area (Å²) in [4.78, 5) is 0. The minimum atomic E-state index is 1.04. The van der Waals surface area contributed by atoms with E-state index >= 15 is 0 Å². The number of fused-ring (bicyclic) bond motifs is 1. The van der Waals surface area contributed by atoms with E-state index in [0.29, 0.717) is 0 Å². The van der Waals surface area contributed by atoms with Crippen LogP contribution in [0.2, 0.25) is 0 Å². The van der Waals surface area contributed by atoms with E-state index in [9.17, 15) is 0 Å². The number of hydrogen-bond donors (Lipinski definition) is 0. The van der Waals surface area contributed by atoms with Crippen molar-refractivity contribution < 1.29 is 0 Å². The van der Waals surface area contributed by atoms with Crippen LogP contribution in [0.1, 0.15) is 84.0 Å². The van der Waals surface area contributed by atoms with Crippen LogP contribution in [0.5, 0.6) is 0 Å². The Morgan fingerprint density at radius 2 is 1.33 bits per heavy atom. The summed E-state index contributed by atoms with van der Waals surface area (Å²) in [7, 11) is 0. The summed E-state index contributed by atoms with van der Waals surface area (Å²) < 4.78 is 0. The molecule has 0 nitrogen and oxygen atoms in total. The van der Waals surface area contributed by atoms with Crippen molar-refractivity contribution in [2.45, 2.75) is 84.0 Å². The molecule has 0 bridgehead atoms. The standard InChI is InChI=1S/C18H32/c1-14(15-8-3-2-4-9-15)17-13-7-11-16-10-5-6-12-18(16)17/h14-18H,2-13H2,1H3. The van der Waals surface area contributed by atoms with Crippen molar-refractivity contribution in [3.63, 3.8) is 0 Å². The van der Waals surface area contributed by atoms with Crippen molar-refractivity contribution in [2.75, 3.05) is 0 Å². The third-order valence-corrected chi connectivity index (χ3v) is 6.70. The Kier molecular flexibility index (Phi) is 4.31. The Hall–Kier alpha value is 0. The van der Waals surface area contributed by atoms with Gasteiger partial charge < -0.3 is 0 Å². The summed E-state index contributed by atoms with van der Waals surface area (Å²) in [5.41, 5.74) is 0. The highest BCUT2D eigenvalue weighted by molar-refractivity contribution is 4.89. The van der Waals surface area contributed by atoms with Crippen molar-refractivity contribution in [1.82, 2.24) is 0 Å². The molecule has 4 atom stereocenters. The summed E-state index contributed by atoms with van der Waals surface area (Å²) in [6.07, 6.45) is 18.6. The van der Waals surface area contributed by atoms with Crippen molar-refractivity contribution in [1.29, 1.82) is 0 Å². The number of rotatable bonds is 2. The zero-order valence-electron chi connectivity index (χ0n) is 12.4. The van der Waals surface area contributed by atoms with Gasteiger partial charge in [-0.05, 0) is 42.4 Å². The normalized spacial score (nSPS) is 40.2. The van der Waals surface area contributed by atoms with E-state index < -0.39 is 0 Å². The van der Waals surface area contributed by atoms with Gasteiger partial charge in [0.2, 0.25) is 0 Å². The molecule has 3 fully saturated rings. The van der Waals surface area contributed by atoms with E-state index in [1.54, 1.807) is 44.9 Å². The molecule has 3 aliphatic rings. The van der Waals surface area contributed by atoms with Crippen molar-refractivity contribution in [3.05, 3.63) is 0 Å². The van der Waals surface area contributed by atoms with Crippen molar-refractivity contribution in [3.8, 4) is 0 Å². The fourth-order valence-electron chi connectivity index (χ4n) is 5.65. The molecule has 4 unspecified atom stereocenters. The van der Waals surface area contributed by atoms with E-state index in [1.165, 1.54) is 32.1 Å². The first-order valence-electron chi connectivity index (χ1n) is 8.86. The molecule has 3 saturated carbocycles. The fourth-order valence-corrected chi connectivity index (χ4v) is 5.65. The van der Waals surface area contributed by atoms with Gasteiger partial charge in [0.25, 0.3) is 0 Å². The topological polar surface area (TPSA) is 0 Å². The molecule has 0 heterocycles. The zero-order chi connectivity index (χ0) is 12.4. The van der Waals surface area contributed by atoms with Gasteiger partial charge in [-0.1, -0.05) is 71.1 Å². The molecule has 0 radical (unpaired) electrons. The molecule has 0 N–H and O–H groups in total. The Morgan fingerprint density at radius 1 is 0.667 bits per heavy atom. The van der Waals surface area contributed by atoms with Crippen LogP contribution in [-0.2, 0) is 0 Å². The first kappa shape index (κ1) is 13.0. The average Bonchev–Trinajstić information content (AvgIpc) is 2.47. The summed E-state index contributed by atoms with van der Waals surface area (Å²) in [6.45, 7) is 2.62. The Labute approximate surface area is 114 Å². The first-order valence-corrected chi connectivity index (χ1v) is 8.86. The van der Waals surface area contributed by atoms with Crippen LogP contribution in [0.25, 0.3) is 0 Å². The molecule has 0 aromatic rings. The van der Waals surface area contributed by atoms with Gasteiger partial charge in [0, 0.05) is 0 Å². The molecule has 3 rings (SSSR count). The predicted molar refractivity (Wildman–Crippen MR) is 78.5 cm³/mol. The molecule has 0 spiro atoms. The van der Waals surface area contributed by atoms with Crippen molar-refractivity contribution in [2.24, 2.45) is 29.6 Å². The van der Waals surface area contributed by atoms with Crippen LogP contribution in [0.15, 0.2) is 0 Å². The quantitative estimate of drug-likeness (QED) is 0.578. The summed E-state index contributed by atoms with van der Waals surface area (Å²) >= 11 is 0. The van der Waals surface area contributed by atoms with Gasteiger partial charge in [-0.15, -0.1) is 0 Å². The molecule has 18 heavy (non-hydrogen) atoms. The molecule has 0 aromatic carbocycles. The molecule has 0 aliphatic heterocycles.